The third-order valence-electron chi connectivity index (χ3n) is 6.59. The number of aromatic nitrogens is 1. The average molecular weight is 468 g/mol. The van der Waals surface area contributed by atoms with Gasteiger partial charge in [0.15, 0.2) is 0 Å². The van der Waals surface area contributed by atoms with Gasteiger partial charge in [-0.05, 0) is 57.6 Å². The maximum atomic E-state index is 12.9. The van der Waals surface area contributed by atoms with Gasteiger partial charge in [-0.3, -0.25) is 4.90 Å². The molecular formula is C22H33N3O6S. The molecule has 1 saturated heterocycles. The normalized spacial score (nSPS) is 31.7. The molecule has 178 valence electrons. The zero-order valence-electron chi connectivity index (χ0n) is 19.0. The van der Waals surface area contributed by atoms with Gasteiger partial charge >= 0.3 is 6.09 Å². The first kappa shape index (κ1) is 23.3. The van der Waals surface area contributed by atoms with Crippen LogP contribution in [0.25, 0.3) is 0 Å². The number of aryl methyl sites for hydroxylation is 1. The summed E-state index contributed by atoms with van der Waals surface area (Å²) < 4.78 is 44.0. The highest BCUT2D eigenvalue weighted by atomic mass is 32.2. The lowest BCUT2D eigenvalue weighted by Gasteiger charge is -2.33. The first-order valence-electron chi connectivity index (χ1n) is 11.3. The molecule has 3 unspecified atom stereocenters. The van der Waals surface area contributed by atoms with Crippen molar-refractivity contribution in [3.63, 3.8) is 0 Å². The number of hydrogen-bond donors (Lipinski definition) is 1. The molecule has 9 nitrogen and oxygen atoms in total. The molecule has 1 N–H and O–H groups in total. The molecule has 4 aliphatic rings. The van der Waals surface area contributed by atoms with Crippen molar-refractivity contribution in [2.45, 2.75) is 76.1 Å². The summed E-state index contributed by atoms with van der Waals surface area (Å²) in [5, 5.41) is 0. The van der Waals surface area contributed by atoms with Crippen LogP contribution in [0.5, 0.6) is 5.88 Å². The topological polar surface area (TPSA) is 107 Å². The van der Waals surface area contributed by atoms with Crippen LogP contribution >= 0.6 is 0 Å². The van der Waals surface area contributed by atoms with Crippen LogP contribution in [-0.4, -0.2) is 74.7 Å². The number of carbonyl (C=O) groups excluding carboxylic acids is 1. The minimum absolute atomic E-state index is 0.0762. The first-order chi connectivity index (χ1) is 15.2. The molecule has 1 aromatic rings. The molecule has 0 spiro atoms. The van der Waals surface area contributed by atoms with E-state index < -0.39 is 28.2 Å². The number of hydrogen-bond acceptors (Lipinski definition) is 7. The highest BCUT2D eigenvalue weighted by molar-refractivity contribution is 7.88. The number of carbonyl (C=O) groups is 1. The highest BCUT2D eigenvalue weighted by Gasteiger charge is 2.44. The van der Waals surface area contributed by atoms with Gasteiger partial charge in [-0.2, -0.15) is 0 Å². The summed E-state index contributed by atoms with van der Waals surface area (Å²) in [6.07, 6.45) is 4.97. The molecule has 4 bridgehead atoms. The van der Waals surface area contributed by atoms with Gasteiger partial charge in [-0.1, -0.05) is 0 Å². The second-order valence-corrected chi connectivity index (χ2v) is 11.0. The monoisotopic (exact) mass is 467 g/mol. The predicted octanol–water partition coefficient (Wildman–Crippen LogP) is 2.34. The molecule has 3 atom stereocenters. The quantitative estimate of drug-likeness (QED) is 0.711. The summed E-state index contributed by atoms with van der Waals surface area (Å²) in [4.78, 5) is 19.2. The van der Waals surface area contributed by atoms with E-state index in [-0.39, 0.29) is 32.0 Å². The Kier molecular flexibility index (Phi) is 6.92. The Morgan fingerprint density at radius 3 is 2.56 bits per heavy atom. The lowest BCUT2D eigenvalue weighted by atomic mass is 9.84. The molecule has 0 radical (unpaired) electrons. The van der Waals surface area contributed by atoms with Crippen LogP contribution in [0.2, 0.25) is 0 Å². The second-order valence-electron chi connectivity index (χ2n) is 9.23. The minimum atomic E-state index is -3.42. The first-order valence-corrected chi connectivity index (χ1v) is 13.2. The molecule has 1 amide bonds. The molecular weight excluding hydrogens is 434 g/mol. The number of ether oxygens (including phenoxy) is 3. The minimum Gasteiger partial charge on any atom is -0.474 e. The fourth-order valence-electron chi connectivity index (χ4n) is 5.13. The Balaban J connectivity index is 1.55. The fourth-order valence-corrected chi connectivity index (χ4v) is 5.93. The summed E-state index contributed by atoms with van der Waals surface area (Å²) >= 11 is 0. The van der Waals surface area contributed by atoms with E-state index in [1.54, 1.807) is 4.90 Å². The van der Waals surface area contributed by atoms with Crippen LogP contribution in [0.3, 0.4) is 0 Å². The maximum Gasteiger partial charge on any atom is 0.410 e. The van der Waals surface area contributed by atoms with Crippen molar-refractivity contribution in [2.24, 2.45) is 0 Å². The Labute approximate surface area is 189 Å². The van der Waals surface area contributed by atoms with Gasteiger partial charge in [0.25, 0.3) is 0 Å². The largest absolute Gasteiger partial charge is 0.474 e. The third-order valence-corrected chi connectivity index (χ3v) is 7.32. The third kappa shape index (κ3) is 5.52. The van der Waals surface area contributed by atoms with E-state index in [0.29, 0.717) is 18.2 Å². The van der Waals surface area contributed by atoms with Crippen LogP contribution in [-0.2, 0) is 19.5 Å². The number of nitrogens with one attached hydrogen (secondary N) is 1. The molecule has 0 aromatic carbocycles. The number of pyridine rings is 1. The molecule has 1 aliphatic carbocycles. The zero-order valence-corrected chi connectivity index (χ0v) is 19.8. The molecule has 2 fully saturated rings. The van der Waals surface area contributed by atoms with E-state index in [4.69, 9.17) is 14.2 Å². The van der Waals surface area contributed by atoms with Crippen molar-refractivity contribution < 1.29 is 27.4 Å². The van der Waals surface area contributed by atoms with Gasteiger partial charge in [0, 0.05) is 29.8 Å². The summed E-state index contributed by atoms with van der Waals surface area (Å²) in [6.45, 7) is 4.47. The predicted molar refractivity (Wildman–Crippen MR) is 118 cm³/mol. The van der Waals surface area contributed by atoms with Crippen molar-refractivity contribution in [2.75, 3.05) is 26.1 Å². The maximum absolute atomic E-state index is 12.9. The van der Waals surface area contributed by atoms with E-state index >= 15 is 0 Å². The standard InChI is InChI=1S/C22H33N3O6S/c1-14-10-18-16-4-6-17(7-5-16)31-13-20-19(24-32(3,27)28)12-15(2)25(20)22(26)30-9-8-29-21(11-14)23-18/h10-11,15-17,19-20,24H,4-9,12-13H2,1-3H3. The highest BCUT2D eigenvalue weighted by Crippen LogP contribution is 2.35. The van der Waals surface area contributed by atoms with E-state index in [2.05, 4.69) is 15.8 Å². The van der Waals surface area contributed by atoms with Gasteiger partial charge in [-0.25, -0.2) is 22.9 Å². The van der Waals surface area contributed by atoms with Crippen molar-refractivity contribution in [1.29, 1.82) is 0 Å². The Morgan fingerprint density at radius 1 is 1.12 bits per heavy atom. The average Bonchev–Trinajstić information content (AvgIpc) is 3.02. The van der Waals surface area contributed by atoms with E-state index in [0.717, 1.165) is 43.2 Å². The van der Waals surface area contributed by atoms with Gasteiger partial charge in [-0.15, -0.1) is 0 Å². The zero-order chi connectivity index (χ0) is 22.9. The Bertz CT molecular complexity index is 932. The lowest BCUT2D eigenvalue weighted by molar-refractivity contribution is -0.0118. The Hall–Kier alpha value is -1.91. The van der Waals surface area contributed by atoms with Crippen LogP contribution in [0.4, 0.5) is 4.79 Å². The molecule has 32 heavy (non-hydrogen) atoms. The van der Waals surface area contributed by atoms with E-state index in [1.807, 2.05) is 19.9 Å². The van der Waals surface area contributed by atoms with Crippen LogP contribution in [0, 0.1) is 6.92 Å². The number of fused-ring (bicyclic) bond motifs is 7. The summed E-state index contributed by atoms with van der Waals surface area (Å²) in [6, 6.07) is 3.00. The number of sulfonamides is 1. The van der Waals surface area contributed by atoms with Crippen molar-refractivity contribution in [3.8, 4) is 5.88 Å². The molecule has 5 rings (SSSR count). The van der Waals surface area contributed by atoms with E-state index in [1.165, 1.54) is 0 Å². The summed E-state index contributed by atoms with van der Waals surface area (Å²) in [5.74, 6) is 0.914. The summed E-state index contributed by atoms with van der Waals surface area (Å²) in [7, 11) is -3.42. The molecule has 10 heteroatoms. The van der Waals surface area contributed by atoms with Crippen LogP contribution in [0.1, 0.15) is 56.2 Å². The number of rotatable bonds is 2. The molecule has 4 heterocycles. The van der Waals surface area contributed by atoms with Crippen molar-refractivity contribution in [1.82, 2.24) is 14.6 Å². The van der Waals surface area contributed by atoms with Gasteiger partial charge < -0.3 is 14.2 Å². The Morgan fingerprint density at radius 2 is 1.84 bits per heavy atom. The lowest BCUT2D eigenvalue weighted by Crippen LogP contribution is -2.50. The van der Waals surface area contributed by atoms with Gasteiger partial charge in [0.05, 0.1) is 25.0 Å². The number of nitrogens with zero attached hydrogens (tertiary/aromatic N) is 2. The number of amides is 1. The van der Waals surface area contributed by atoms with Crippen molar-refractivity contribution >= 4 is 16.1 Å². The fraction of sp³-hybridized carbons (Fsp3) is 0.727. The molecule has 1 aromatic heterocycles. The molecule has 1 saturated carbocycles. The van der Waals surface area contributed by atoms with Crippen molar-refractivity contribution in [3.05, 3.63) is 23.4 Å². The van der Waals surface area contributed by atoms with Crippen LogP contribution < -0.4 is 9.46 Å². The summed E-state index contributed by atoms with van der Waals surface area (Å²) in [5.41, 5.74) is 2.13. The van der Waals surface area contributed by atoms with Gasteiger partial charge in [0.1, 0.15) is 13.2 Å². The SMILES string of the molecule is Cc1cc2nc(c1)C1CCC(CC1)OCC1C(NS(C)(=O)=O)CC(C)N1C(=O)OCCO2. The van der Waals surface area contributed by atoms with Gasteiger partial charge in [0.2, 0.25) is 15.9 Å². The smallest absolute Gasteiger partial charge is 0.410 e. The van der Waals surface area contributed by atoms with Crippen LogP contribution in [0.15, 0.2) is 12.1 Å². The molecule has 3 aliphatic heterocycles. The second kappa shape index (κ2) is 9.52. The van der Waals surface area contributed by atoms with E-state index in [9.17, 15) is 13.2 Å².